The van der Waals surface area contributed by atoms with Crippen molar-refractivity contribution < 1.29 is 9.90 Å². The fourth-order valence-electron chi connectivity index (χ4n) is 0.990. The van der Waals surface area contributed by atoms with Crippen LogP contribution in [0.5, 0.6) is 0 Å². The highest BCUT2D eigenvalue weighted by Gasteiger charge is 2.33. The molecule has 0 spiro atoms. The van der Waals surface area contributed by atoms with Crippen molar-refractivity contribution in [1.29, 1.82) is 0 Å². The zero-order chi connectivity index (χ0) is 12.3. The number of carbonyl (C=O) groups excluding carboxylic acids is 1. The van der Waals surface area contributed by atoms with Crippen LogP contribution in [0.15, 0.2) is 18.3 Å². The number of hydrazine groups is 1. The first-order valence-electron chi connectivity index (χ1n) is 4.08. The monoisotopic (exact) mass is 283 g/mol. The minimum Gasteiger partial charge on any atom is -0.382 e. The van der Waals surface area contributed by atoms with Gasteiger partial charge < -0.3 is 5.11 Å². The van der Waals surface area contributed by atoms with Crippen LogP contribution in [0.3, 0.4) is 0 Å². The molecule has 0 saturated heterocycles. The number of carbonyl (C=O) groups is 1. The number of halogens is 3. The summed E-state index contributed by atoms with van der Waals surface area (Å²) in [6.45, 7) is 0. The van der Waals surface area contributed by atoms with Gasteiger partial charge in [-0.15, -0.1) is 0 Å². The number of aliphatic hydroxyl groups excluding tert-OH is 1. The normalized spacial score (nSPS) is 13.3. The lowest BCUT2D eigenvalue weighted by Gasteiger charge is -2.18. The van der Waals surface area contributed by atoms with E-state index in [1.807, 2.05) is 5.43 Å². The Morgan fingerprint density at radius 1 is 1.56 bits per heavy atom. The number of rotatable bonds is 2. The predicted octanol–water partition coefficient (Wildman–Crippen LogP) is 1.09. The van der Waals surface area contributed by atoms with Gasteiger partial charge in [-0.3, -0.25) is 15.2 Å². The number of hydrogen-bond acceptors (Lipinski definition) is 4. The first kappa shape index (κ1) is 13.5. The second-order valence-corrected chi connectivity index (χ2v) is 5.26. The number of alkyl halides is 3. The van der Waals surface area contributed by atoms with Crippen LogP contribution in [0.4, 0.5) is 0 Å². The topological polar surface area (TPSA) is 88.2 Å². The number of nitrogen functional groups attached to an aromatic ring is 1. The summed E-state index contributed by atoms with van der Waals surface area (Å²) in [5.41, 5.74) is 2.22. The molecule has 0 bridgehead atoms. The summed E-state index contributed by atoms with van der Waals surface area (Å²) in [6, 6.07) is 2.70. The Bertz CT molecular complexity index is 394. The Labute approximate surface area is 106 Å². The third kappa shape index (κ3) is 3.20. The van der Waals surface area contributed by atoms with Crippen LogP contribution >= 0.6 is 34.8 Å². The fourth-order valence-corrected chi connectivity index (χ4v) is 1.33. The largest absolute Gasteiger partial charge is 0.382 e. The first-order chi connectivity index (χ1) is 7.36. The Hall–Kier alpha value is -0.590. The van der Waals surface area contributed by atoms with Gasteiger partial charge in [0.05, 0.1) is 5.69 Å². The second-order valence-electron chi connectivity index (χ2n) is 2.89. The van der Waals surface area contributed by atoms with Gasteiger partial charge in [0.1, 0.15) is 6.10 Å². The van der Waals surface area contributed by atoms with Crippen LogP contribution in [0.2, 0.25) is 0 Å². The number of aliphatic hydroxyl groups is 1. The van der Waals surface area contributed by atoms with E-state index in [1.165, 1.54) is 18.3 Å². The van der Waals surface area contributed by atoms with E-state index >= 15 is 0 Å². The van der Waals surface area contributed by atoms with Crippen molar-refractivity contribution in [3.05, 3.63) is 29.6 Å². The van der Waals surface area contributed by atoms with Gasteiger partial charge in [0.25, 0.3) is 5.91 Å². The van der Waals surface area contributed by atoms with Crippen LogP contribution in [-0.4, -0.2) is 19.8 Å². The Morgan fingerprint density at radius 2 is 2.19 bits per heavy atom. The van der Waals surface area contributed by atoms with Gasteiger partial charge in [-0.2, -0.15) is 0 Å². The molecular weight excluding hydrogens is 276 g/mol. The van der Waals surface area contributed by atoms with Crippen molar-refractivity contribution in [2.45, 2.75) is 9.90 Å². The molecule has 8 heteroatoms. The zero-order valence-corrected chi connectivity index (χ0v) is 10.1. The highest BCUT2D eigenvalue weighted by Crippen LogP contribution is 2.38. The maximum Gasteiger partial charge on any atom is 0.265 e. The quantitative estimate of drug-likeness (QED) is 0.328. The summed E-state index contributed by atoms with van der Waals surface area (Å²) < 4.78 is -1.91. The summed E-state index contributed by atoms with van der Waals surface area (Å²) in [5.74, 6) is 4.43. The molecule has 0 radical (unpaired) electrons. The molecule has 0 aliphatic rings. The molecule has 5 nitrogen and oxygen atoms in total. The Balaban J connectivity index is 3.03. The van der Waals surface area contributed by atoms with E-state index in [1.54, 1.807) is 0 Å². The number of nitrogens with two attached hydrogens (primary N) is 1. The molecule has 1 amide bonds. The molecule has 1 aromatic rings. The Kier molecular flexibility index (Phi) is 4.35. The van der Waals surface area contributed by atoms with Gasteiger partial charge in [0.2, 0.25) is 3.79 Å². The van der Waals surface area contributed by atoms with Crippen LogP contribution in [0.25, 0.3) is 0 Å². The van der Waals surface area contributed by atoms with Crippen molar-refractivity contribution in [1.82, 2.24) is 10.4 Å². The van der Waals surface area contributed by atoms with E-state index in [9.17, 15) is 9.90 Å². The minimum absolute atomic E-state index is 0.0705. The molecule has 1 atom stereocenters. The van der Waals surface area contributed by atoms with E-state index in [0.29, 0.717) is 0 Å². The highest BCUT2D eigenvalue weighted by atomic mass is 35.6. The second kappa shape index (κ2) is 5.16. The number of pyridine rings is 1. The van der Waals surface area contributed by atoms with E-state index < -0.39 is 15.8 Å². The first-order valence-corrected chi connectivity index (χ1v) is 5.21. The van der Waals surface area contributed by atoms with Crippen LogP contribution in [0, 0.1) is 0 Å². The molecule has 0 fully saturated rings. The average Bonchev–Trinajstić information content (AvgIpc) is 2.26. The van der Waals surface area contributed by atoms with Crippen molar-refractivity contribution >= 4 is 40.7 Å². The minimum atomic E-state index is -1.91. The number of nitrogens with one attached hydrogen (secondary N) is 1. The van der Waals surface area contributed by atoms with Gasteiger partial charge in [-0.05, 0) is 12.1 Å². The lowest BCUT2D eigenvalue weighted by molar-refractivity contribution is 0.0953. The molecule has 0 aromatic carbocycles. The molecule has 1 aromatic heterocycles. The van der Waals surface area contributed by atoms with Crippen molar-refractivity contribution in [3.8, 4) is 0 Å². The molecule has 1 rings (SSSR count). The van der Waals surface area contributed by atoms with E-state index in [4.69, 9.17) is 40.6 Å². The van der Waals surface area contributed by atoms with Crippen LogP contribution in [-0.2, 0) is 0 Å². The standard InChI is InChI=1S/C8H8Cl3N3O2/c9-8(10,11)6(15)5-3-4(1-2-13-5)7(16)14-12/h1-3,6,15H,12H2,(H,14,16). The Morgan fingerprint density at radius 3 is 2.69 bits per heavy atom. The van der Waals surface area contributed by atoms with Gasteiger partial charge in [-0.25, -0.2) is 5.84 Å². The van der Waals surface area contributed by atoms with Crippen molar-refractivity contribution in [2.24, 2.45) is 5.84 Å². The van der Waals surface area contributed by atoms with E-state index in [0.717, 1.165) is 0 Å². The predicted molar refractivity (Wildman–Crippen MR) is 61.1 cm³/mol. The molecular formula is C8H8Cl3N3O2. The molecule has 16 heavy (non-hydrogen) atoms. The summed E-state index contributed by atoms with van der Waals surface area (Å²) in [7, 11) is 0. The molecule has 4 N–H and O–H groups in total. The lowest BCUT2D eigenvalue weighted by atomic mass is 10.1. The molecule has 0 aliphatic carbocycles. The van der Waals surface area contributed by atoms with Crippen LogP contribution in [0.1, 0.15) is 22.2 Å². The fraction of sp³-hybridized carbons (Fsp3) is 0.250. The lowest BCUT2D eigenvalue weighted by Crippen LogP contribution is -2.30. The molecule has 1 heterocycles. The van der Waals surface area contributed by atoms with Gasteiger partial charge >= 0.3 is 0 Å². The number of hydrogen-bond donors (Lipinski definition) is 3. The maximum absolute atomic E-state index is 11.2. The number of amides is 1. The highest BCUT2D eigenvalue weighted by molar-refractivity contribution is 6.67. The number of aromatic nitrogens is 1. The molecule has 0 aliphatic heterocycles. The zero-order valence-electron chi connectivity index (χ0n) is 7.82. The summed E-state index contributed by atoms with van der Waals surface area (Å²) in [5, 5.41) is 9.61. The molecule has 0 saturated carbocycles. The SMILES string of the molecule is NNC(=O)c1ccnc(C(O)C(Cl)(Cl)Cl)c1. The molecule has 88 valence electrons. The van der Waals surface area contributed by atoms with Gasteiger partial charge in [0.15, 0.2) is 0 Å². The summed E-state index contributed by atoms with van der Waals surface area (Å²) in [6.07, 6.45) is -0.123. The number of nitrogens with zero attached hydrogens (tertiary/aromatic N) is 1. The van der Waals surface area contributed by atoms with E-state index in [-0.39, 0.29) is 11.3 Å². The third-order valence-electron chi connectivity index (χ3n) is 1.76. The molecule has 1 unspecified atom stereocenters. The summed E-state index contributed by atoms with van der Waals surface area (Å²) in [4.78, 5) is 15.0. The van der Waals surface area contributed by atoms with Gasteiger partial charge in [-0.1, -0.05) is 34.8 Å². The van der Waals surface area contributed by atoms with Crippen molar-refractivity contribution in [2.75, 3.05) is 0 Å². The van der Waals surface area contributed by atoms with Gasteiger partial charge in [0, 0.05) is 11.8 Å². The third-order valence-corrected chi connectivity index (χ3v) is 2.38. The van der Waals surface area contributed by atoms with Crippen LogP contribution < -0.4 is 11.3 Å². The van der Waals surface area contributed by atoms with Crippen molar-refractivity contribution in [3.63, 3.8) is 0 Å². The van der Waals surface area contributed by atoms with E-state index in [2.05, 4.69) is 4.98 Å². The summed E-state index contributed by atoms with van der Waals surface area (Å²) >= 11 is 16.5. The maximum atomic E-state index is 11.2. The smallest absolute Gasteiger partial charge is 0.265 e. The average molecular weight is 285 g/mol.